The second kappa shape index (κ2) is 5.84. The fourth-order valence-corrected chi connectivity index (χ4v) is 3.22. The van der Waals surface area contributed by atoms with Crippen molar-refractivity contribution in [1.29, 1.82) is 0 Å². The highest BCUT2D eigenvalue weighted by atomic mass is 16.2. The van der Waals surface area contributed by atoms with E-state index in [0.717, 1.165) is 24.5 Å². The topological polar surface area (TPSA) is 23.6 Å². The summed E-state index contributed by atoms with van der Waals surface area (Å²) in [6.07, 6.45) is 0. The monoisotopic (exact) mass is 294 g/mol. The zero-order valence-electron chi connectivity index (χ0n) is 13.4. The average molecular weight is 294 g/mol. The Morgan fingerprint density at radius 3 is 2.36 bits per heavy atom. The maximum Gasteiger partial charge on any atom is 0.224 e. The van der Waals surface area contributed by atoms with E-state index in [9.17, 15) is 4.79 Å². The summed E-state index contributed by atoms with van der Waals surface area (Å²) in [6, 6.07) is 17.0. The molecule has 2 aromatic rings. The molecule has 1 heterocycles. The molecule has 0 spiro atoms. The lowest BCUT2D eigenvalue weighted by molar-refractivity contribution is -0.117. The Kier molecular flexibility index (Phi) is 3.88. The molecule has 0 N–H and O–H groups in total. The molecule has 1 aliphatic rings. The van der Waals surface area contributed by atoms with Gasteiger partial charge in [-0.05, 0) is 31.5 Å². The molecule has 1 unspecified atom stereocenters. The van der Waals surface area contributed by atoms with Crippen LogP contribution in [0.4, 0.5) is 11.4 Å². The molecule has 0 aliphatic carbocycles. The van der Waals surface area contributed by atoms with Crippen LogP contribution in [0.15, 0.2) is 48.5 Å². The Morgan fingerprint density at radius 1 is 1.09 bits per heavy atom. The molecule has 0 radical (unpaired) electrons. The van der Waals surface area contributed by atoms with Crippen molar-refractivity contribution in [2.45, 2.75) is 33.4 Å². The lowest BCUT2D eigenvalue weighted by atomic mass is 10.1. The molecule has 0 bridgehead atoms. The SMILES string of the molecule is CC(=O)N1c2ccccc2N(Cc2ccc(C)cc2)CC1C. The Morgan fingerprint density at radius 2 is 1.73 bits per heavy atom. The molecule has 22 heavy (non-hydrogen) atoms. The number of hydrogen-bond acceptors (Lipinski definition) is 2. The number of amides is 1. The lowest BCUT2D eigenvalue weighted by Gasteiger charge is -2.41. The molecular formula is C19H22N2O. The number of aryl methyl sites for hydroxylation is 1. The Labute approximate surface area is 132 Å². The van der Waals surface area contributed by atoms with Crippen molar-refractivity contribution < 1.29 is 4.79 Å². The van der Waals surface area contributed by atoms with E-state index in [1.54, 1.807) is 6.92 Å². The quantitative estimate of drug-likeness (QED) is 0.842. The van der Waals surface area contributed by atoms with Gasteiger partial charge in [0.15, 0.2) is 0 Å². The molecule has 1 aliphatic heterocycles. The summed E-state index contributed by atoms with van der Waals surface area (Å²) in [6.45, 7) is 7.58. The maximum absolute atomic E-state index is 12.0. The van der Waals surface area contributed by atoms with E-state index in [0.29, 0.717) is 0 Å². The van der Waals surface area contributed by atoms with Crippen LogP contribution in [0.1, 0.15) is 25.0 Å². The van der Waals surface area contributed by atoms with E-state index >= 15 is 0 Å². The summed E-state index contributed by atoms with van der Waals surface area (Å²) in [5, 5.41) is 0. The van der Waals surface area contributed by atoms with E-state index in [4.69, 9.17) is 0 Å². The second-order valence-electron chi connectivity index (χ2n) is 6.09. The Bertz CT molecular complexity index is 678. The molecule has 0 aromatic heterocycles. The molecule has 114 valence electrons. The molecule has 0 fully saturated rings. The number of anilines is 2. The highest BCUT2D eigenvalue weighted by molar-refractivity contribution is 5.97. The summed E-state index contributed by atoms with van der Waals surface area (Å²) >= 11 is 0. The molecule has 3 heteroatoms. The molecule has 0 saturated heterocycles. The third kappa shape index (κ3) is 2.71. The first-order valence-corrected chi connectivity index (χ1v) is 7.75. The smallest absolute Gasteiger partial charge is 0.224 e. The van der Waals surface area contributed by atoms with Gasteiger partial charge in [-0.25, -0.2) is 0 Å². The number of carbonyl (C=O) groups excluding carboxylic acids is 1. The van der Waals surface area contributed by atoms with Crippen LogP contribution in [0.5, 0.6) is 0 Å². The normalized spacial score (nSPS) is 17.3. The van der Waals surface area contributed by atoms with Crippen molar-refractivity contribution in [2.75, 3.05) is 16.3 Å². The van der Waals surface area contributed by atoms with Crippen molar-refractivity contribution in [2.24, 2.45) is 0 Å². The van der Waals surface area contributed by atoms with Crippen molar-refractivity contribution in [3.05, 3.63) is 59.7 Å². The average Bonchev–Trinajstić information content (AvgIpc) is 2.49. The van der Waals surface area contributed by atoms with Crippen molar-refractivity contribution in [3.63, 3.8) is 0 Å². The summed E-state index contributed by atoms with van der Waals surface area (Å²) in [5.41, 5.74) is 4.72. The molecule has 1 amide bonds. The third-order valence-corrected chi connectivity index (χ3v) is 4.24. The Balaban J connectivity index is 1.94. The highest BCUT2D eigenvalue weighted by Crippen LogP contribution is 2.36. The minimum Gasteiger partial charge on any atom is -0.363 e. The zero-order valence-corrected chi connectivity index (χ0v) is 13.4. The van der Waals surface area contributed by atoms with Crippen LogP contribution >= 0.6 is 0 Å². The standard InChI is InChI=1S/C19H22N2O/c1-14-8-10-17(11-9-14)13-20-12-15(2)21(16(3)22)19-7-5-4-6-18(19)20/h4-11,15H,12-13H2,1-3H3. The number of nitrogens with zero attached hydrogens (tertiary/aromatic N) is 2. The number of benzene rings is 2. The van der Waals surface area contributed by atoms with Crippen LogP contribution in [0.25, 0.3) is 0 Å². The van der Waals surface area contributed by atoms with Crippen LogP contribution < -0.4 is 9.80 Å². The van der Waals surface area contributed by atoms with Gasteiger partial charge < -0.3 is 9.80 Å². The number of hydrogen-bond donors (Lipinski definition) is 0. The first-order valence-electron chi connectivity index (χ1n) is 7.75. The molecule has 2 aromatic carbocycles. The predicted molar refractivity (Wildman–Crippen MR) is 91.3 cm³/mol. The van der Waals surface area contributed by atoms with Crippen LogP contribution in [-0.4, -0.2) is 18.5 Å². The summed E-state index contributed by atoms with van der Waals surface area (Å²) in [7, 11) is 0. The van der Waals surface area contributed by atoms with Gasteiger partial charge in [0.05, 0.1) is 17.4 Å². The van der Waals surface area contributed by atoms with E-state index in [-0.39, 0.29) is 11.9 Å². The number of rotatable bonds is 2. The molecular weight excluding hydrogens is 272 g/mol. The van der Waals surface area contributed by atoms with Crippen molar-refractivity contribution in [3.8, 4) is 0 Å². The summed E-state index contributed by atoms with van der Waals surface area (Å²) < 4.78 is 0. The predicted octanol–water partition coefficient (Wildman–Crippen LogP) is 3.76. The fraction of sp³-hybridized carbons (Fsp3) is 0.316. The van der Waals surface area contributed by atoms with Gasteiger partial charge in [0, 0.05) is 20.0 Å². The van der Waals surface area contributed by atoms with Gasteiger partial charge in [0.25, 0.3) is 0 Å². The van der Waals surface area contributed by atoms with E-state index in [1.807, 2.05) is 23.1 Å². The molecule has 3 rings (SSSR count). The number of fused-ring (bicyclic) bond motifs is 1. The van der Waals surface area contributed by atoms with Crippen molar-refractivity contribution in [1.82, 2.24) is 0 Å². The van der Waals surface area contributed by atoms with Gasteiger partial charge >= 0.3 is 0 Å². The van der Waals surface area contributed by atoms with Gasteiger partial charge in [0.2, 0.25) is 5.91 Å². The number of para-hydroxylation sites is 2. The Hall–Kier alpha value is -2.29. The fourth-order valence-electron chi connectivity index (χ4n) is 3.22. The zero-order chi connectivity index (χ0) is 15.7. The van der Waals surface area contributed by atoms with Gasteiger partial charge in [-0.1, -0.05) is 42.0 Å². The first kappa shape index (κ1) is 14.6. The maximum atomic E-state index is 12.0. The number of carbonyl (C=O) groups is 1. The van der Waals surface area contributed by atoms with Gasteiger partial charge in [0.1, 0.15) is 0 Å². The summed E-state index contributed by atoms with van der Waals surface area (Å²) in [5.74, 6) is 0.106. The lowest BCUT2D eigenvalue weighted by Crippen LogP contribution is -2.49. The highest BCUT2D eigenvalue weighted by Gasteiger charge is 2.30. The second-order valence-corrected chi connectivity index (χ2v) is 6.09. The minimum atomic E-state index is 0.106. The molecule has 0 saturated carbocycles. The minimum absolute atomic E-state index is 0.106. The van der Waals surface area contributed by atoms with Crippen LogP contribution in [0.2, 0.25) is 0 Å². The largest absolute Gasteiger partial charge is 0.363 e. The third-order valence-electron chi connectivity index (χ3n) is 4.24. The van der Waals surface area contributed by atoms with E-state index in [2.05, 4.69) is 49.1 Å². The van der Waals surface area contributed by atoms with Gasteiger partial charge in [-0.3, -0.25) is 4.79 Å². The van der Waals surface area contributed by atoms with E-state index in [1.165, 1.54) is 11.1 Å². The van der Waals surface area contributed by atoms with Crippen LogP contribution in [0, 0.1) is 6.92 Å². The first-order chi connectivity index (χ1) is 10.6. The van der Waals surface area contributed by atoms with Gasteiger partial charge in [-0.15, -0.1) is 0 Å². The molecule has 1 atom stereocenters. The van der Waals surface area contributed by atoms with Crippen molar-refractivity contribution >= 4 is 17.3 Å². The van der Waals surface area contributed by atoms with E-state index < -0.39 is 0 Å². The molecule has 3 nitrogen and oxygen atoms in total. The summed E-state index contributed by atoms with van der Waals surface area (Å²) in [4.78, 5) is 16.3. The van der Waals surface area contributed by atoms with Crippen LogP contribution in [0.3, 0.4) is 0 Å². The van der Waals surface area contributed by atoms with Gasteiger partial charge in [-0.2, -0.15) is 0 Å². The van der Waals surface area contributed by atoms with Crippen LogP contribution in [-0.2, 0) is 11.3 Å².